The summed E-state index contributed by atoms with van der Waals surface area (Å²) in [5.74, 6) is 0.00671. The molecule has 120 valence electrons. The van der Waals surface area contributed by atoms with Crippen LogP contribution in [0.15, 0.2) is 36.4 Å². The molecule has 0 spiro atoms. The molecule has 0 aliphatic heterocycles. The second kappa shape index (κ2) is 6.38. The second-order valence-corrected chi connectivity index (χ2v) is 6.28. The molecule has 0 radical (unpaired) electrons. The number of fused-ring (bicyclic) bond motifs is 1. The van der Waals surface area contributed by atoms with Gasteiger partial charge in [-0.05, 0) is 54.7 Å². The number of nitrogen functional groups attached to an aromatic ring is 1. The highest BCUT2D eigenvalue weighted by molar-refractivity contribution is 6.02. The quantitative estimate of drug-likeness (QED) is 0.515. The summed E-state index contributed by atoms with van der Waals surface area (Å²) in [5.41, 5.74) is 12.7. The van der Waals surface area contributed by atoms with Crippen LogP contribution in [0.1, 0.15) is 41.6 Å². The van der Waals surface area contributed by atoms with Crippen molar-refractivity contribution in [3.63, 3.8) is 0 Å². The first kappa shape index (κ1) is 15.5. The molecular formula is C18H22N4O. The SMILES string of the molecule is N=C(N)c1ccc2cc(C(=O)N[C@H]3CC[C@H](N)CC3)ccc2c1. The Kier molecular flexibility index (Phi) is 4.30. The Bertz CT molecular complexity index is 748. The van der Waals surface area contributed by atoms with Gasteiger partial charge in [-0.2, -0.15) is 0 Å². The van der Waals surface area contributed by atoms with Gasteiger partial charge in [0.1, 0.15) is 5.84 Å². The largest absolute Gasteiger partial charge is 0.384 e. The zero-order chi connectivity index (χ0) is 16.4. The topological polar surface area (TPSA) is 105 Å². The Morgan fingerprint density at radius 3 is 2.17 bits per heavy atom. The highest BCUT2D eigenvalue weighted by atomic mass is 16.1. The van der Waals surface area contributed by atoms with Crippen molar-refractivity contribution in [2.45, 2.75) is 37.8 Å². The summed E-state index contributed by atoms with van der Waals surface area (Å²) in [7, 11) is 0. The van der Waals surface area contributed by atoms with Crippen molar-refractivity contribution < 1.29 is 4.79 Å². The van der Waals surface area contributed by atoms with Crippen molar-refractivity contribution in [2.75, 3.05) is 0 Å². The molecule has 0 saturated heterocycles. The van der Waals surface area contributed by atoms with Crippen LogP contribution in [0.25, 0.3) is 10.8 Å². The lowest BCUT2D eigenvalue weighted by molar-refractivity contribution is 0.0926. The summed E-state index contributed by atoms with van der Waals surface area (Å²) >= 11 is 0. The van der Waals surface area contributed by atoms with Gasteiger partial charge in [0.2, 0.25) is 0 Å². The van der Waals surface area contributed by atoms with Crippen LogP contribution >= 0.6 is 0 Å². The molecule has 0 atom stereocenters. The van der Waals surface area contributed by atoms with E-state index in [4.69, 9.17) is 16.9 Å². The predicted octanol–water partition coefficient (Wildman–Crippen LogP) is 2.12. The van der Waals surface area contributed by atoms with Gasteiger partial charge >= 0.3 is 0 Å². The number of nitrogens with two attached hydrogens (primary N) is 2. The number of benzene rings is 2. The van der Waals surface area contributed by atoms with Crippen LogP contribution in [0, 0.1) is 5.41 Å². The van der Waals surface area contributed by atoms with Crippen LogP contribution in [0.4, 0.5) is 0 Å². The van der Waals surface area contributed by atoms with Crippen LogP contribution in [-0.2, 0) is 0 Å². The highest BCUT2D eigenvalue weighted by Gasteiger charge is 2.20. The van der Waals surface area contributed by atoms with Gasteiger partial charge in [0.25, 0.3) is 5.91 Å². The fraction of sp³-hybridized carbons (Fsp3) is 0.333. The smallest absolute Gasteiger partial charge is 0.251 e. The van der Waals surface area contributed by atoms with Crippen molar-refractivity contribution in [1.82, 2.24) is 5.32 Å². The molecule has 0 unspecified atom stereocenters. The number of nitrogens with one attached hydrogen (secondary N) is 2. The van der Waals surface area contributed by atoms with E-state index in [1.807, 2.05) is 30.3 Å². The average Bonchev–Trinajstić information content (AvgIpc) is 2.55. The third-order valence-electron chi connectivity index (χ3n) is 4.52. The Hall–Kier alpha value is -2.40. The molecule has 1 aliphatic rings. The zero-order valence-corrected chi connectivity index (χ0v) is 13.0. The molecule has 2 aromatic carbocycles. The van der Waals surface area contributed by atoms with Crippen LogP contribution in [0.5, 0.6) is 0 Å². The fourth-order valence-corrected chi connectivity index (χ4v) is 3.09. The number of amidine groups is 1. The number of rotatable bonds is 3. The van der Waals surface area contributed by atoms with E-state index >= 15 is 0 Å². The molecule has 1 fully saturated rings. The first-order valence-corrected chi connectivity index (χ1v) is 7.97. The maximum absolute atomic E-state index is 12.4. The van der Waals surface area contributed by atoms with Crippen LogP contribution in [0.2, 0.25) is 0 Å². The van der Waals surface area contributed by atoms with Gasteiger partial charge in [0, 0.05) is 23.2 Å². The number of carbonyl (C=O) groups excluding carboxylic acids is 1. The van der Waals surface area contributed by atoms with E-state index in [1.165, 1.54) is 0 Å². The number of carbonyl (C=O) groups is 1. The molecule has 0 heterocycles. The van der Waals surface area contributed by atoms with E-state index < -0.39 is 0 Å². The molecular weight excluding hydrogens is 288 g/mol. The van der Waals surface area contributed by atoms with Crippen molar-refractivity contribution >= 4 is 22.5 Å². The third kappa shape index (κ3) is 3.51. The van der Waals surface area contributed by atoms with Crippen LogP contribution in [-0.4, -0.2) is 23.8 Å². The third-order valence-corrected chi connectivity index (χ3v) is 4.52. The van der Waals surface area contributed by atoms with E-state index in [0.717, 1.165) is 36.5 Å². The molecule has 5 heteroatoms. The van der Waals surface area contributed by atoms with Crippen molar-refractivity contribution in [2.24, 2.45) is 11.5 Å². The Morgan fingerprint density at radius 1 is 1.00 bits per heavy atom. The molecule has 23 heavy (non-hydrogen) atoms. The van der Waals surface area contributed by atoms with Crippen LogP contribution < -0.4 is 16.8 Å². The minimum Gasteiger partial charge on any atom is -0.384 e. The Balaban J connectivity index is 1.76. The standard InChI is InChI=1S/C18H22N4O/c19-15-5-7-16(8-6-15)22-18(23)14-4-2-11-9-13(17(20)21)3-1-12(11)10-14/h1-4,9-10,15-16H,5-8,19H2,(H3,20,21)(H,22,23)/t15-,16-. The monoisotopic (exact) mass is 310 g/mol. The Morgan fingerprint density at radius 2 is 1.57 bits per heavy atom. The first-order chi connectivity index (χ1) is 11.0. The number of hydrogen-bond donors (Lipinski definition) is 4. The van der Waals surface area contributed by atoms with Gasteiger partial charge in [-0.1, -0.05) is 18.2 Å². The van der Waals surface area contributed by atoms with Gasteiger partial charge in [-0.3, -0.25) is 10.2 Å². The molecule has 3 rings (SSSR count). The minimum atomic E-state index is -0.0389. The molecule has 2 aromatic rings. The normalized spacial score (nSPS) is 21.1. The summed E-state index contributed by atoms with van der Waals surface area (Å²) in [6, 6.07) is 11.6. The summed E-state index contributed by atoms with van der Waals surface area (Å²) in [5, 5.41) is 12.5. The average molecular weight is 310 g/mol. The zero-order valence-electron chi connectivity index (χ0n) is 13.0. The van der Waals surface area contributed by atoms with E-state index in [1.54, 1.807) is 6.07 Å². The van der Waals surface area contributed by atoms with Gasteiger partial charge in [0.05, 0.1) is 0 Å². The number of amides is 1. The highest BCUT2D eigenvalue weighted by Crippen LogP contribution is 2.20. The van der Waals surface area contributed by atoms with E-state index in [2.05, 4.69) is 5.32 Å². The van der Waals surface area contributed by atoms with Gasteiger partial charge < -0.3 is 16.8 Å². The summed E-state index contributed by atoms with van der Waals surface area (Å²) in [6.45, 7) is 0. The molecule has 6 N–H and O–H groups in total. The second-order valence-electron chi connectivity index (χ2n) is 6.28. The first-order valence-electron chi connectivity index (χ1n) is 7.97. The fourth-order valence-electron chi connectivity index (χ4n) is 3.09. The van der Waals surface area contributed by atoms with E-state index in [9.17, 15) is 4.79 Å². The lowest BCUT2D eigenvalue weighted by Gasteiger charge is -2.26. The number of hydrogen-bond acceptors (Lipinski definition) is 3. The Labute approximate surface area is 135 Å². The molecule has 1 aliphatic carbocycles. The predicted molar refractivity (Wildman–Crippen MR) is 92.7 cm³/mol. The lowest BCUT2D eigenvalue weighted by atomic mass is 9.91. The van der Waals surface area contributed by atoms with Gasteiger partial charge in [-0.25, -0.2) is 0 Å². The molecule has 1 saturated carbocycles. The lowest BCUT2D eigenvalue weighted by Crippen LogP contribution is -2.40. The van der Waals surface area contributed by atoms with E-state index in [0.29, 0.717) is 11.1 Å². The summed E-state index contributed by atoms with van der Waals surface area (Å²) in [4.78, 5) is 12.4. The molecule has 0 bridgehead atoms. The van der Waals surface area contributed by atoms with Crippen molar-refractivity contribution in [1.29, 1.82) is 5.41 Å². The summed E-state index contributed by atoms with van der Waals surface area (Å²) < 4.78 is 0. The molecule has 0 aromatic heterocycles. The van der Waals surface area contributed by atoms with Crippen molar-refractivity contribution in [3.05, 3.63) is 47.5 Å². The van der Waals surface area contributed by atoms with Gasteiger partial charge in [0.15, 0.2) is 0 Å². The molecule has 5 nitrogen and oxygen atoms in total. The molecule has 1 amide bonds. The summed E-state index contributed by atoms with van der Waals surface area (Å²) in [6.07, 6.45) is 3.83. The maximum Gasteiger partial charge on any atom is 0.251 e. The van der Waals surface area contributed by atoms with Crippen molar-refractivity contribution in [3.8, 4) is 0 Å². The van der Waals surface area contributed by atoms with Crippen LogP contribution in [0.3, 0.4) is 0 Å². The van der Waals surface area contributed by atoms with Gasteiger partial charge in [-0.15, -0.1) is 0 Å². The minimum absolute atomic E-state index is 0.0389. The maximum atomic E-state index is 12.4. The van der Waals surface area contributed by atoms with E-state index in [-0.39, 0.29) is 23.8 Å².